The summed E-state index contributed by atoms with van der Waals surface area (Å²) >= 11 is 6.25. The van der Waals surface area contributed by atoms with Crippen molar-refractivity contribution in [3.8, 4) is 0 Å². The first-order valence-corrected chi connectivity index (χ1v) is 6.58. The molecule has 0 aliphatic carbocycles. The molecule has 2 N–H and O–H groups in total. The second kappa shape index (κ2) is 5.42. The van der Waals surface area contributed by atoms with Gasteiger partial charge in [-0.3, -0.25) is 4.98 Å². The average Bonchev–Trinajstić information content (AvgIpc) is 2.34. The SMILES string of the molecule is NC(c1cncc(Br)c1)c1c(F)ccc(Br)c1F. The van der Waals surface area contributed by atoms with Crippen LogP contribution in [0.1, 0.15) is 17.2 Å². The van der Waals surface area contributed by atoms with Crippen molar-refractivity contribution >= 4 is 31.9 Å². The molecule has 0 saturated heterocycles. The molecule has 0 bridgehead atoms. The van der Waals surface area contributed by atoms with E-state index in [1.807, 2.05) is 0 Å². The number of aromatic nitrogens is 1. The lowest BCUT2D eigenvalue weighted by Gasteiger charge is -2.15. The third-order valence-corrected chi connectivity index (χ3v) is 3.52. The Morgan fingerprint density at radius 3 is 2.56 bits per heavy atom. The van der Waals surface area contributed by atoms with Crippen LogP contribution in [0, 0.1) is 11.6 Å². The molecule has 1 heterocycles. The molecule has 18 heavy (non-hydrogen) atoms. The molecule has 0 spiro atoms. The zero-order chi connectivity index (χ0) is 13.3. The number of rotatable bonds is 2. The van der Waals surface area contributed by atoms with Crippen LogP contribution in [0.3, 0.4) is 0 Å². The molecule has 0 radical (unpaired) electrons. The average molecular weight is 378 g/mol. The highest BCUT2D eigenvalue weighted by molar-refractivity contribution is 9.10. The van der Waals surface area contributed by atoms with E-state index in [1.54, 1.807) is 12.3 Å². The van der Waals surface area contributed by atoms with Crippen LogP contribution in [0.15, 0.2) is 39.5 Å². The molecule has 0 aliphatic heterocycles. The van der Waals surface area contributed by atoms with Gasteiger partial charge in [0.25, 0.3) is 0 Å². The molecule has 0 amide bonds. The second-order valence-corrected chi connectivity index (χ2v) is 5.44. The Balaban J connectivity index is 2.52. The van der Waals surface area contributed by atoms with Crippen LogP contribution in [0.25, 0.3) is 0 Å². The van der Waals surface area contributed by atoms with Gasteiger partial charge in [-0.05, 0) is 55.6 Å². The third-order valence-electron chi connectivity index (χ3n) is 2.48. The number of nitrogens with two attached hydrogens (primary N) is 1. The number of benzene rings is 1. The highest BCUT2D eigenvalue weighted by Gasteiger charge is 2.20. The zero-order valence-electron chi connectivity index (χ0n) is 9.00. The van der Waals surface area contributed by atoms with Gasteiger partial charge < -0.3 is 5.73 Å². The van der Waals surface area contributed by atoms with E-state index in [0.29, 0.717) is 10.0 Å². The van der Waals surface area contributed by atoms with Crippen molar-refractivity contribution in [3.63, 3.8) is 0 Å². The molecule has 0 saturated carbocycles. The molecule has 1 aromatic heterocycles. The molecule has 0 aliphatic rings. The third kappa shape index (κ3) is 2.60. The van der Waals surface area contributed by atoms with Crippen LogP contribution < -0.4 is 5.73 Å². The minimum absolute atomic E-state index is 0.177. The second-order valence-electron chi connectivity index (χ2n) is 3.67. The Morgan fingerprint density at radius 1 is 1.17 bits per heavy atom. The fourth-order valence-corrected chi connectivity index (χ4v) is 2.32. The van der Waals surface area contributed by atoms with E-state index in [1.165, 1.54) is 18.3 Å². The number of pyridine rings is 1. The Hall–Kier alpha value is -0.850. The van der Waals surface area contributed by atoms with Crippen LogP contribution in [0.4, 0.5) is 8.78 Å². The summed E-state index contributed by atoms with van der Waals surface area (Å²) in [6.07, 6.45) is 3.05. The molecule has 2 rings (SSSR count). The summed E-state index contributed by atoms with van der Waals surface area (Å²) in [6, 6.07) is 3.25. The molecule has 2 aromatic rings. The van der Waals surface area contributed by atoms with Gasteiger partial charge >= 0.3 is 0 Å². The van der Waals surface area contributed by atoms with Crippen molar-refractivity contribution in [3.05, 3.63) is 62.3 Å². The van der Waals surface area contributed by atoms with Crippen molar-refractivity contribution in [2.24, 2.45) is 5.73 Å². The summed E-state index contributed by atoms with van der Waals surface area (Å²) in [5.74, 6) is -1.37. The van der Waals surface area contributed by atoms with Gasteiger partial charge in [-0.15, -0.1) is 0 Å². The number of hydrogen-bond donors (Lipinski definition) is 1. The fourth-order valence-electron chi connectivity index (χ4n) is 1.59. The Bertz CT molecular complexity index is 590. The molecule has 1 aromatic carbocycles. The molecule has 1 unspecified atom stereocenters. The van der Waals surface area contributed by atoms with Gasteiger partial charge in [-0.2, -0.15) is 0 Å². The maximum Gasteiger partial charge on any atom is 0.145 e. The number of hydrogen-bond acceptors (Lipinski definition) is 2. The quantitative estimate of drug-likeness (QED) is 0.805. The standard InChI is InChI=1S/C12H8Br2F2N2/c13-7-3-6(4-18-5-7)12(17)10-9(15)2-1-8(14)11(10)16/h1-5,12H,17H2. The van der Waals surface area contributed by atoms with Crippen LogP contribution in [-0.4, -0.2) is 4.98 Å². The van der Waals surface area contributed by atoms with E-state index in [4.69, 9.17) is 5.73 Å². The largest absolute Gasteiger partial charge is 0.320 e. The first-order chi connectivity index (χ1) is 8.50. The molecule has 6 heteroatoms. The van der Waals surface area contributed by atoms with Crippen molar-refractivity contribution < 1.29 is 8.78 Å². The van der Waals surface area contributed by atoms with E-state index in [-0.39, 0.29) is 10.0 Å². The molecular weight excluding hydrogens is 370 g/mol. The lowest BCUT2D eigenvalue weighted by molar-refractivity contribution is 0.539. The Kier molecular flexibility index (Phi) is 4.09. The van der Waals surface area contributed by atoms with E-state index in [0.717, 1.165) is 0 Å². The van der Waals surface area contributed by atoms with Gasteiger partial charge in [0.15, 0.2) is 0 Å². The highest BCUT2D eigenvalue weighted by atomic mass is 79.9. The topological polar surface area (TPSA) is 38.9 Å². The summed E-state index contributed by atoms with van der Waals surface area (Å²) in [4.78, 5) is 3.93. The summed E-state index contributed by atoms with van der Waals surface area (Å²) < 4.78 is 28.5. The van der Waals surface area contributed by atoms with Crippen molar-refractivity contribution in [2.75, 3.05) is 0 Å². The van der Waals surface area contributed by atoms with Gasteiger partial charge in [-0.25, -0.2) is 8.78 Å². The molecule has 1 atom stereocenters. The first-order valence-electron chi connectivity index (χ1n) is 5.00. The summed E-state index contributed by atoms with van der Waals surface area (Å²) in [7, 11) is 0. The van der Waals surface area contributed by atoms with Gasteiger partial charge in [0.05, 0.1) is 10.5 Å². The smallest absolute Gasteiger partial charge is 0.145 e. The lowest BCUT2D eigenvalue weighted by Crippen LogP contribution is -2.16. The van der Waals surface area contributed by atoms with Gasteiger partial charge in [0.1, 0.15) is 11.6 Å². The Morgan fingerprint density at radius 2 is 1.89 bits per heavy atom. The molecule has 94 valence electrons. The van der Waals surface area contributed by atoms with E-state index in [9.17, 15) is 8.78 Å². The minimum Gasteiger partial charge on any atom is -0.320 e. The predicted molar refractivity (Wildman–Crippen MR) is 72.0 cm³/mol. The summed E-state index contributed by atoms with van der Waals surface area (Å²) in [5, 5.41) is 0. The highest BCUT2D eigenvalue weighted by Crippen LogP contribution is 2.29. The normalized spacial score (nSPS) is 12.5. The Labute approximate surface area is 119 Å². The monoisotopic (exact) mass is 376 g/mol. The van der Waals surface area contributed by atoms with Gasteiger partial charge in [-0.1, -0.05) is 0 Å². The summed E-state index contributed by atoms with van der Waals surface area (Å²) in [6.45, 7) is 0. The number of halogens is 4. The maximum atomic E-state index is 13.9. The van der Waals surface area contributed by atoms with E-state index >= 15 is 0 Å². The molecule has 2 nitrogen and oxygen atoms in total. The molecule has 0 fully saturated rings. The predicted octanol–water partition coefficient (Wildman–Crippen LogP) is 3.93. The lowest BCUT2D eigenvalue weighted by atomic mass is 10.00. The molecular formula is C12H8Br2F2N2. The summed E-state index contributed by atoms with van der Waals surface area (Å²) in [5.41, 5.74) is 6.25. The van der Waals surface area contributed by atoms with Crippen LogP contribution in [0.2, 0.25) is 0 Å². The fraction of sp³-hybridized carbons (Fsp3) is 0.0833. The van der Waals surface area contributed by atoms with Crippen LogP contribution >= 0.6 is 31.9 Å². The van der Waals surface area contributed by atoms with Crippen LogP contribution in [0.5, 0.6) is 0 Å². The minimum atomic E-state index is -0.910. The van der Waals surface area contributed by atoms with E-state index < -0.39 is 17.7 Å². The van der Waals surface area contributed by atoms with Crippen molar-refractivity contribution in [1.82, 2.24) is 4.98 Å². The first kappa shape index (κ1) is 13.6. The maximum absolute atomic E-state index is 13.9. The van der Waals surface area contributed by atoms with E-state index in [2.05, 4.69) is 36.8 Å². The van der Waals surface area contributed by atoms with Crippen molar-refractivity contribution in [2.45, 2.75) is 6.04 Å². The van der Waals surface area contributed by atoms with Gasteiger partial charge in [0.2, 0.25) is 0 Å². The zero-order valence-corrected chi connectivity index (χ0v) is 12.2. The van der Waals surface area contributed by atoms with Gasteiger partial charge in [0, 0.05) is 22.4 Å². The van der Waals surface area contributed by atoms with Crippen molar-refractivity contribution in [1.29, 1.82) is 0 Å². The number of nitrogens with zero attached hydrogens (tertiary/aromatic N) is 1. The van der Waals surface area contributed by atoms with Crippen LogP contribution in [-0.2, 0) is 0 Å².